The summed E-state index contributed by atoms with van der Waals surface area (Å²) in [5.41, 5.74) is 3.00. The van der Waals surface area contributed by atoms with Gasteiger partial charge in [0.2, 0.25) is 0 Å². The Kier molecular flexibility index (Phi) is 8.00. The summed E-state index contributed by atoms with van der Waals surface area (Å²) in [7, 11) is 0. The van der Waals surface area contributed by atoms with E-state index in [2.05, 4.69) is 11.4 Å². The molecular weight excluding hydrogens is 432 g/mol. The molecule has 158 valence electrons. The van der Waals surface area contributed by atoms with Crippen LogP contribution in [0.3, 0.4) is 0 Å². The largest absolute Gasteiger partial charge is 0.399 e. The van der Waals surface area contributed by atoms with Gasteiger partial charge in [-0.15, -0.1) is 0 Å². The number of nitrogens with zero attached hydrogens (tertiary/aromatic N) is 1. The van der Waals surface area contributed by atoms with Crippen molar-refractivity contribution in [2.45, 2.75) is 39.3 Å². The van der Waals surface area contributed by atoms with Gasteiger partial charge in [0, 0.05) is 0 Å². The lowest BCUT2D eigenvalue weighted by molar-refractivity contribution is -0.139. The van der Waals surface area contributed by atoms with Crippen molar-refractivity contribution >= 4 is 35.0 Å². The van der Waals surface area contributed by atoms with Crippen molar-refractivity contribution in [2.24, 2.45) is 0 Å². The van der Waals surface area contributed by atoms with Gasteiger partial charge in [-0.3, -0.25) is 0 Å². The fourth-order valence-electron chi connectivity index (χ4n) is 2.74. The lowest BCUT2D eigenvalue weighted by Gasteiger charge is -2.19. The summed E-state index contributed by atoms with van der Waals surface area (Å²) in [4.78, 5) is 0. The zero-order chi connectivity index (χ0) is 22.5. The van der Waals surface area contributed by atoms with Crippen molar-refractivity contribution < 1.29 is 13.2 Å². The molecule has 0 radical (unpaired) electrons. The smallest absolute Gasteiger partial charge is 0.361 e. The highest BCUT2D eigenvalue weighted by Gasteiger charge is 2.39. The Morgan fingerprint density at radius 3 is 2.50 bits per heavy atom. The molecule has 2 aromatic rings. The average molecular weight is 453 g/mol. The molecule has 0 saturated heterocycles. The summed E-state index contributed by atoms with van der Waals surface area (Å²) < 4.78 is 41.1. The van der Waals surface area contributed by atoms with Crippen molar-refractivity contribution in [1.82, 2.24) is 0 Å². The van der Waals surface area contributed by atoms with E-state index in [0.717, 1.165) is 18.1 Å². The van der Waals surface area contributed by atoms with E-state index < -0.39 is 12.1 Å². The van der Waals surface area contributed by atoms with E-state index in [1.54, 1.807) is 31.3 Å². The van der Waals surface area contributed by atoms with Crippen LogP contribution in [0.1, 0.15) is 48.4 Å². The van der Waals surface area contributed by atoms with Crippen LogP contribution in [0.15, 0.2) is 48.2 Å². The van der Waals surface area contributed by atoms with Gasteiger partial charge in [-0.05, 0) is 61.4 Å². The fraction of sp³-hybridized carbons (Fsp3) is 0.261. The highest BCUT2D eigenvalue weighted by Crippen LogP contribution is 2.39. The van der Waals surface area contributed by atoms with Crippen LogP contribution in [0.4, 0.5) is 18.9 Å². The Morgan fingerprint density at radius 2 is 1.93 bits per heavy atom. The number of anilines is 1. The first-order valence-electron chi connectivity index (χ1n) is 9.23. The molecule has 0 saturated carbocycles. The van der Waals surface area contributed by atoms with Gasteiger partial charge in [0.1, 0.15) is 6.07 Å². The van der Waals surface area contributed by atoms with Crippen LogP contribution in [-0.4, -0.2) is 6.18 Å². The molecule has 1 unspecified atom stereocenters. The van der Waals surface area contributed by atoms with Crippen molar-refractivity contribution in [2.75, 3.05) is 5.32 Å². The second-order valence-electron chi connectivity index (χ2n) is 6.92. The molecule has 0 bridgehead atoms. The lowest BCUT2D eigenvalue weighted by Crippen LogP contribution is -2.19. The zero-order valence-electron chi connectivity index (χ0n) is 16.7. The molecule has 30 heavy (non-hydrogen) atoms. The number of nitrogens with one attached hydrogen (secondary N) is 1. The highest BCUT2D eigenvalue weighted by atomic mass is 35.5. The molecule has 0 aliphatic rings. The van der Waals surface area contributed by atoms with Gasteiger partial charge in [-0.2, -0.15) is 18.4 Å². The van der Waals surface area contributed by atoms with Crippen LogP contribution >= 0.6 is 23.2 Å². The van der Waals surface area contributed by atoms with Crippen LogP contribution in [0.25, 0.3) is 6.08 Å². The predicted octanol–water partition coefficient (Wildman–Crippen LogP) is 8.26. The van der Waals surface area contributed by atoms with E-state index in [9.17, 15) is 18.4 Å². The minimum atomic E-state index is -4.51. The third kappa shape index (κ3) is 6.04. The number of nitriles is 1. The van der Waals surface area contributed by atoms with Gasteiger partial charge in [0.25, 0.3) is 0 Å². The normalized spacial score (nSPS) is 13.4. The van der Waals surface area contributed by atoms with Gasteiger partial charge in [0.05, 0.1) is 27.2 Å². The number of halogens is 5. The fourth-order valence-corrected chi connectivity index (χ4v) is 3.12. The van der Waals surface area contributed by atoms with E-state index in [4.69, 9.17) is 23.2 Å². The van der Waals surface area contributed by atoms with Crippen LogP contribution in [0, 0.1) is 18.3 Å². The molecule has 7 heteroatoms. The van der Waals surface area contributed by atoms with Gasteiger partial charge in [-0.25, -0.2) is 0 Å². The molecular formula is C23H21Cl2F3N2. The van der Waals surface area contributed by atoms with E-state index >= 15 is 0 Å². The summed E-state index contributed by atoms with van der Waals surface area (Å²) in [6, 6.07) is 9.55. The summed E-state index contributed by atoms with van der Waals surface area (Å²) in [6.07, 6.45) is 0.570. The number of alkyl halides is 3. The minimum Gasteiger partial charge on any atom is -0.361 e. The topological polar surface area (TPSA) is 35.8 Å². The van der Waals surface area contributed by atoms with Crippen molar-refractivity contribution in [3.63, 3.8) is 0 Å². The molecule has 0 spiro atoms. The van der Waals surface area contributed by atoms with Crippen molar-refractivity contribution in [3.05, 3.63) is 80.5 Å². The molecule has 0 aliphatic carbocycles. The van der Waals surface area contributed by atoms with E-state index in [-0.39, 0.29) is 15.6 Å². The second-order valence-corrected chi connectivity index (χ2v) is 7.70. The van der Waals surface area contributed by atoms with Gasteiger partial charge >= 0.3 is 6.18 Å². The van der Waals surface area contributed by atoms with Crippen LogP contribution in [0.2, 0.25) is 10.0 Å². The number of hydrogen-bond donors (Lipinski definition) is 1. The average Bonchev–Trinajstić information content (AvgIpc) is 2.69. The third-order valence-electron chi connectivity index (χ3n) is 4.62. The number of aryl methyl sites for hydroxylation is 1. The zero-order valence-corrected chi connectivity index (χ0v) is 18.3. The molecule has 0 aliphatic heterocycles. The molecule has 0 aromatic heterocycles. The highest BCUT2D eigenvalue weighted by molar-refractivity contribution is 6.42. The first kappa shape index (κ1) is 23.9. The van der Waals surface area contributed by atoms with E-state index in [1.807, 2.05) is 13.8 Å². The summed E-state index contributed by atoms with van der Waals surface area (Å²) in [5, 5.41) is 12.8. The Morgan fingerprint density at radius 1 is 1.23 bits per heavy atom. The molecule has 1 atom stereocenters. The predicted molar refractivity (Wildman–Crippen MR) is 118 cm³/mol. The quantitative estimate of drug-likeness (QED) is 0.478. The third-order valence-corrected chi connectivity index (χ3v) is 5.52. The number of benzene rings is 2. The Bertz CT molecular complexity index is 995. The van der Waals surface area contributed by atoms with E-state index in [0.29, 0.717) is 22.4 Å². The molecule has 2 aromatic carbocycles. The maximum Gasteiger partial charge on any atom is 0.399 e. The summed E-state index contributed by atoms with van der Waals surface area (Å²) in [5.74, 6) is -1.86. The summed E-state index contributed by atoms with van der Waals surface area (Å²) in [6.45, 7) is 5.58. The van der Waals surface area contributed by atoms with Crippen LogP contribution in [0.5, 0.6) is 0 Å². The first-order chi connectivity index (χ1) is 14.1. The maximum absolute atomic E-state index is 13.7. The number of rotatable bonds is 6. The Hall–Kier alpha value is -2.42. The van der Waals surface area contributed by atoms with Crippen LogP contribution in [-0.2, 0) is 0 Å². The van der Waals surface area contributed by atoms with Crippen LogP contribution < -0.4 is 5.32 Å². The van der Waals surface area contributed by atoms with Crippen molar-refractivity contribution in [3.8, 4) is 6.07 Å². The van der Waals surface area contributed by atoms with Gasteiger partial charge < -0.3 is 5.32 Å². The minimum absolute atomic E-state index is 0.00428. The second kappa shape index (κ2) is 10.1. The van der Waals surface area contributed by atoms with Gasteiger partial charge in [0.15, 0.2) is 0 Å². The molecule has 1 N–H and O–H groups in total. The van der Waals surface area contributed by atoms with Crippen molar-refractivity contribution in [1.29, 1.82) is 5.26 Å². The molecule has 0 amide bonds. The first-order valence-corrected chi connectivity index (χ1v) is 9.99. The van der Waals surface area contributed by atoms with E-state index in [1.165, 1.54) is 18.2 Å². The number of hydrogen-bond acceptors (Lipinski definition) is 2. The lowest BCUT2D eigenvalue weighted by atomic mass is 9.95. The van der Waals surface area contributed by atoms with Gasteiger partial charge in [-0.1, -0.05) is 60.0 Å². The SMILES string of the molecule is CC/C(C)=C/Nc1ccc(/C=C/C(c2cc(C)c(Cl)c(Cl)c2)C(F)(F)F)cc1C#N. The summed E-state index contributed by atoms with van der Waals surface area (Å²) >= 11 is 12.0. The molecule has 0 fully saturated rings. The monoisotopic (exact) mass is 452 g/mol. The molecule has 2 rings (SSSR count). The Balaban J connectivity index is 2.38. The Labute approximate surface area is 184 Å². The number of allylic oxidation sites excluding steroid dienone is 2. The molecule has 0 heterocycles. The molecule has 2 nitrogen and oxygen atoms in total. The maximum atomic E-state index is 13.7. The standard InChI is InChI=1S/C23H21Cl2F3N2/c1-4-14(2)13-30-21-8-6-16(10-18(21)12-29)5-7-19(23(26,27)28)17-9-15(3)22(25)20(24)11-17/h5-11,13,19,30H,4H2,1-3H3/b7-5+,14-13+.